The molecule has 0 aliphatic rings. The third kappa shape index (κ3) is 4.37. The maximum atomic E-state index is 12.9. The van der Waals surface area contributed by atoms with Gasteiger partial charge in [0.25, 0.3) is 0 Å². The second-order valence-electron chi connectivity index (χ2n) is 6.32. The molecule has 0 aliphatic carbocycles. The summed E-state index contributed by atoms with van der Waals surface area (Å²) in [6, 6.07) is 17.4. The normalized spacial score (nSPS) is 11.8. The molecule has 0 aliphatic heterocycles. The van der Waals surface area contributed by atoms with Crippen molar-refractivity contribution in [3.63, 3.8) is 0 Å². The summed E-state index contributed by atoms with van der Waals surface area (Å²) in [5.74, 6) is 1.33. The van der Waals surface area contributed by atoms with Crippen LogP contribution in [0.15, 0.2) is 65.3 Å². The van der Waals surface area contributed by atoms with Gasteiger partial charge in [0.2, 0.25) is 11.8 Å². The van der Waals surface area contributed by atoms with Gasteiger partial charge < -0.3 is 14.1 Å². The van der Waals surface area contributed by atoms with E-state index in [0.29, 0.717) is 18.1 Å². The molecule has 0 fully saturated rings. The second kappa shape index (κ2) is 8.54. The van der Waals surface area contributed by atoms with Crippen molar-refractivity contribution < 1.29 is 13.9 Å². The number of carbonyl (C=O) groups is 1. The number of hydrogen-bond acceptors (Lipinski definition) is 4. The fourth-order valence-electron chi connectivity index (χ4n) is 3.11. The Morgan fingerprint density at radius 2 is 1.96 bits per heavy atom. The number of likely N-dealkylation sites (N-methyl/N-ethyl adjacent to an activating group) is 1. The van der Waals surface area contributed by atoms with Gasteiger partial charge in [-0.3, -0.25) is 4.79 Å². The largest absolute Gasteiger partial charge is 0.497 e. The Labute approximate surface area is 159 Å². The SMILES string of the molecule is CCN(C(=O)Cc1coc(-c2ccccc2)n1)C(C)c1cccc(OC)c1. The number of carbonyl (C=O) groups excluding carboxylic acids is 1. The maximum Gasteiger partial charge on any atom is 0.229 e. The molecule has 0 saturated heterocycles. The number of oxazole rings is 1. The molecule has 1 unspecified atom stereocenters. The van der Waals surface area contributed by atoms with E-state index in [0.717, 1.165) is 16.9 Å². The van der Waals surface area contributed by atoms with Gasteiger partial charge in [-0.2, -0.15) is 0 Å². The molecule has 0 spiro atoms. The van der Waals surface area contributed by atoms with Gasteiger partial charge in [0.15, 0.2) is 0 Å². The summed E-state index contributed by atoms with van der Waals surface area (Å²) < 4.78 is 10.8. The van der Waals surface area contributed by atoms with Crippen LogP contribution in [-0.4, -0.2) is 29.4 Å². The molecule has 3 rings (SSSR count). The van der Waals surface area contributed by atoms with Crippen molar-refractivity contribution in [2.75, 3.05) is 13.7 Å². The Hall–Kier alpha value is -3.08. The molecule has 1 amide bonds. The van der Waals surface area contributed by atoms with Crippen molar-refractivity contribution >= 4 is 5.91 Å². The third-order valence-corrected chi connectivity index (χ3v) is 4.61. The van der Waals surface area contributed by atoms with E-state index in [2.05, 4.69) is 4.98 Å². The molecule has 27 heavy (non-hydrogen) atoms. The summed E-state index contributed by atoms with van der Waals surface area (Å²) >= 11 is 0. The van der Waals surface area contributed by atoms with Crippen LogP contribution in [0.3, 0.4) is 0 Å². The summed E-state index contributed by atoms with van der Waals surface area (Å²) in [7, 11) is 1.64. The highest BCUT2D eigenvalue weighted by Crippen LogP contribution is 2.25. The van der Waals surface area contributed by atoms with Gasteiger partial charge in [-0.25, -0.2) is 4.98 Å². The smallest absolute Gasteiger partial charge is 0.229 e. The molecule has 140 valence electrons. The monoisotopic (exact) mass is 364 g/mol. The zero-order valence-corrected chi connectivity index (χ0v) is 15.9. The maximum absolute atomic E-state index is 12.9. The first-order valence-electron chi connectivity index (χ1n) is 9.05. The average molecular weight is 364 g/mol. The first-order valence-corrected chi connectivity index (χ1v) is 9.05. The van der Waals surface area contributed by atoms with Crippen LogP contribution in [0.2, 0.25) is 0 Å². The van der Waals surface area contributed by atoms with Crippen LogP contribution >= 0.6 is 0 Å². The van der Waals surface area contributed by atoms with E-state index in [9.17, 15) is 4.79 Å². The number of ether oxygens (including phenoxy) is 1. The number of hydrogen-bond donors (Lipinski definition) is 0. The van der Waals surface area contributed by atoms with Crippen molar-refractivity contribution in [3.05, 3.63) is 72.1 Å². The van der Waals surface area contributed by atoms with Crippen LogP contribution < -0.4 is 4.74 Å². The molecule has 0 saturated carbocycles. The molecule has 5 nitrogen and oxygen atoms in total. The molecule has 1 aromatic heterocycles. The zero-order valence-electron chi connectivity index (χ0n) is 15.9. The number of rotatable bonds is 7. The lowest BCUT2D eigenvalue weighted by atomic mass is 10.1. The summed E-state index contributed by atoms with van der Waals surface area (Å²) in [6.45, 7) is 4.61. The zero-order chi connectivity index (χ0) is 19.2. The molecule has 2 aromatic carbocycles. The molecular formula is C22H24N2O3. The van der Waals surface area contributed by atoms with Gasteiger partial charge in [0.05, 0.1) is 25.3 Å². The fraction of sp³-hybridized carbons (Fsp3) is 0.273. The van der Waals surface area contributed by atoms with E-state index < -0.39 is 0 Å². The predicted molar refractivity (Wildman–Crippen MR) is 104 cm³/mol. The quantitative estimate of drug-likeness (QED) is 0.619. The van der Waals surface area contributed by atoms with E-state index >= 15 is 0 Å². The minimum absolute atomic E-state index is 0.0146. The van der Waals surface area contributed by atoms with Crippen molar-refractivity contribution in [2.24, 2.45) is 0 Å². The Morgan fingerprint density at radius 3 is 2.67 bits per heavy atom. The van der Waals surface area contributed by atoms with Gasteiger partial charge in [-0.05, 0) is 43.7 Å². The van der Waals surface area contributed by atoms with Gasteiger partial charge in [-0.15, -0.1) is 0 Å². The van der Waals surface area contributed by atoms with Gasteiger partial charge in [-0.1, -0.05) is 30.3 Å². The lowest BCUT2D eigenvalue weighted by molar-refractivity contribution is -0.132. The van der Waals surface area contributed by atoms with Crippen LogP contribution in [-0.2, 0) is 11.2 Å². The van der Waals surface area contributed by atoms with Gasteiger partial charge >= 0.3 is 0 Å². The Kier molecular flexibility index (Phi) is 5.91. The third-order valence-electron chi connectivity index (χ3n) is 4.61. The minimum atomic E-state index is -0.0573. The summed E-state index contributed by atoms with van der Waals surface area (Å²) in [6.07, 6.45) is 1.77. The molecule has 3 aromatic rings. The number of aromatic nitrogens is 1. The highest BCUT2D eigenvalue weighted by molar-refractivity contribution is 5.79. The molecular weight excluding hydrogens is 340 g/mol. The van der Waals surface area contributed by atoms with E-state index in [1.807, 2.05) is 73.3 Å². The highest BCUT2D eigenvalue weighted by atomic mass is 16.5. The highest BCUT2D eigenvalue weighted by Gasteiger charge is 2.22. The van der Waals surface area contributed by atoms with Crippen LogP contribution in [0, 0.1) is 0 Å². The van der Waals surface area contributed by atoms with Crippen LogP contribution in [0.1, 0.15) is 31.1 Å². The average Bonchev–Trinajstić information content (AvgIpc) is 3.17. The van der Waals surface area contributed by atoms with Crippen LogP contribution in [0.25, 0.3) is 11.5 Å². The Morgan fingerprint density at radius 1 is 1.19 bits per heavy atom. The van der Waals surface area contributed by atoms with Gasteiger partial charge in [0.1, 0.15) is 12.0 Å². The van der Waals surface area contributed by atoms with Crippen LogP contribution in [0.4, 0.5) is 0 Å². The first-order chi connectivity index (χ1) is 13.1. The number of benzene rings is 2. The standard InChI is InChI=1S/C22H24N2O3/c1-4-24(16(2)18-11-8-12-20(13-18)26-3)21(25)14-19-15-27-22(23-19)17-9-6-5-7-10-17/h5-13,15-16H,4,14H2,1-3H3. The first kappa shape index (κ1) is 18.7. The van der Waals surface area contributed by atoms with Gasteiger partial charge in [0, 0.05) is 12.1 Å². The second-order valence-corrected chi connectivity index (χ2v) is 6.32. The summed E-state index contributed by atoms with van der Waals surface area (Å²) in [4.78, 5) is 19.2. The molecule has 1 atom stereocenters. The minimum Gasteiger partial charge on any atom is -0.497 e. The van der Waals surface area contributed by atoms with Crippen molar-refractivity contribution in [1.29, 1.82) is 0 Å². The Bertz CT molecular complexity index is 889. The lowest BCUT2D eigenvalue weighted by Gasteiger charge is -2.28. The lowest BCUT2D eigenvalue weighted by Crippen LogP contribution is -2.34. The number of amides is 1. The molecule has 0 bridgehead atoms. The summed E-state index contributed by atoms with van der Waals surface area (Å²) in [5.41, 5.74) is 2.57. The van der Waals surface area contributed by atoms with E-state index in [1.165, 1.54) is 0 Å². The van der Waals surface area contributed by atoms with Crippen LogP contribution in [0.5, 0.6) is 5.75 Å². The van der Waals surface area contributed by atoms with Crippen molar-refractivity contribution in [1.82, 2.24) is 9.88 Å². The van der Waals surface area contributed by atoms with E-state index in [4.69, 9.17) is 9.15 Å². The molecule has 0 N–H and O–H groups in total. The van der Waals surface area contributed by atoms with E-state index in [1.54, 1.807) is 13.4 Å². The molecule has 0 radical (unpaired) electrons. The molecule has 1 heterocycles. The van der Waals surface area contributed by atoms with Crippen molar-refractivity contribution in [2.45, 2.75) is 26.3 Å². The number of methoxy groups -OCH3 is 1. The fourth-order valence-corrected chi connectivity index (χ4v) is 3.11. The topological polar surface area (TPSA) is 55.6 Å². The van der Waals surface area contributed by atoms with Crippen molar-refractivity contribution in [3.8, 4) is 17.2 Å². The predicted octanol–water partition coefficient (Wildman–Crippen LogP) is 4.50. The Balaban J connectivity index is 1.72. The number of nitrogens with zero attached hydrogens (tertiary/aromatic N) is 2. The molecule has 5 heteroatoms. The summed E-state index contributed by atoms with van der Waals surface area (Å²) in [5, 5.41) is 0. The van der Waals surface area contributed by atoms with E-state index in [-0.39, 0.29) is 18.4 Å².